The summed E-state index contributed by atoms with van der Waals surface area (Å²) in [5.41, 5.74) is 7.98. The fourth-order valence-corrected chi connectivity index (χ4v) is 6.04. The number of aromatic nitrogens is 4. The smallest absolute Gasteiger partial charge is 0.475 e. The lowest BCUT2D eigenvalue weighted by Crippen LogP contribution is -2.52. The van der Waals surface area contributed by atoms with E-state index in [1.807, 2.05) is 49.9 Å². The van der Waals surface area contributed by atoms with E-state index in [0.717, 1.165) is 24.1 Å². The van der Waals surface area contributed by atoms with Crippen molar-refractivity contribution in [3.63, 3.8) is 0 Å². The van der Waals surface area contributed by atoms with Crippen LogP contribution in [0.5, 0.6) is 0 Å². The molecule has 1 aliphatic heterocycles. The van der Waals surface area contributed by atoms with Crippen molar-refractivity contribution in [2.75, 3.05) is 16.3 Å². The molecule has 290 valence electrons. The van der Waals surface area contributed by atoms with Gasteiger partial charge in [-0.25, -0.2) is 14.6 Å². The molecule has 0 radical (unpaired) electrons. The van der Waals surface area contributed by atoms with Crippen LogP contribution >= 0.6 is 11.6 Å². The summed E-state index contributed by atoms with van der Waals surface area (Å²) in [4.78, 5) is 56.0. The van der Waals surface area contributed by atoms with Gasteiger partial charge in [-0.3, -0.25) is 14.5 Å². The number of halogens is 4. The molecule has 19 heteroatoms. The second-order valence-electron chi connectivity index (χ2n) is 13.6. The Kier molecular flexibility index (Phi) is 13.7. The first-order chi connectivity index (χ1) is 25.4. The van der Waals surface area contributed by atoms with Gasteiger partial charge in [-0.1, -0.05) is 23.7 Å². The Morgan fingerprint density at radius 3 is 2.20 bits per heavy atom. The molecule has 3 amide bonds. The largest absolute Gasteiger partial charge is 0.490 e. The van der Waals surface area contributed by atoms with E-state index < -0.39 is 35.8 Å². The lowest BCUT2D eigenvalue weighted by Gasteiger charge is -2.36. The van der Waals surface area contributed by atoms with E-state index in [4.69, 9.17) is 32.0 Å². The fraction of sp³-hybridized carbons (Fsp3) is 0.429. The fourth-order valence-electron chi connectivity index (χ4n) is 5.81. The molecule has 1 saturated carbocycles. The third kappa shape index (κ3) is 11.7. The molecule has 0 bridgehead atoms. The highest BCUT2D eigenvalue weighted by Crippen LogP contribution is 2.33. The van der Waals surface area contributed by atoms with Gasteiger partial charge < -0.3 is 25.8 Å². The van der Waals surface area contributed by atoms with E-state index in [-0.39, 0.29) is 29.7 Å². The molecule has 0 saturated heterocycles. The number of hydrogen-bond donors (Lipinski definition) is 4. The van der Waals surface area contributed by atoms with Crippen molar-refractivity contribution < 1.29 is 42.2 Å². The number of aromatic amines is 1. The van der Waals surface area contributed by atoms with Crippen molar-refractivity contribution in [2.24, 2.45) is 22.6 Å². The van der Waals surface area contributed by atoms with Crippen molar-refractivity contribution >= 4 is 53.2 Å². The third-order valence-corrected chi connectivity index (χ3v) is 8.81. The number of ether oxygens (including phenoxy) is 1. The van der Waals surface area contributed by atoms with Gasteiger partial charge in [0.2, 0.25) is 17.6 Å². The number of carboxylic acid groups (broad SMARTS) is 1. The van der Waals surface area contributed by atoms with Gasteiger partial charge in [-0.2, -0.15) is 18.4 Å². The minimum atomic E-state index is -5.08. The van der Waals surface area contributed by atoms with Crippen LogP contribution in [-0.4, -0.2) is 85.8 Å². The van der Waals surface area contributed by atoms with Gasteiger partial charge in [0.25, 0.3) is 0 Å². The summed E-state index contributed by atoms with van der Waals surface area (Å²) < 4.78 is 37.1. The summed E-state index contributed by atoms with van der Waals surface area (Å²) >= 11 is 6.41. The average Bonchev–Trinajstić information content (AvgIpc) is 3.66. The van der Waals surface area contributed by atoms with Gasteiger partial charge in [-0.05, 0) is 106 Å². The number of anilines is 2. The standard InChI is InChI=1S/C33H40ClN9O4.C2HF3O2/c1-33(2,3)47-32(46)37-19-22-4-8-24(9-5-22)31(45)43(26-14-10-23(11-15-26)30-38-40-41-39-30)27(29(35)44)18-21-6-12-25(13-7-21)42-20-36-17-16-28(42)34;3-2(4,5)1(6)7/h6-7,10-17,20,22,24,27-28H,4-5,8-9,18-19H2,1-3H3,(H2,35,44)(H,37,46)(H,38,39,40,41);(H,6,7)/t22-,24-,27-,28?;/m0./s1. The van der Waals surface area contributed by atoms with Gasteiger partial charge in [0.15, 0.2) is 0 Å². The van der Waals surface area contributed by atoms with Crippen LogP contribution in [0.25, 0.3) is 11.4 Å². The molecule has 5 rings (SSSR count). The molecule has 2 aromatic carbocycles. The van der Waals surface area contributed by atoms with Crippen LogP contribution in [0.2, 0.25) is 0 Å². The van der Waals surface area contributed by atoms with E-state index in [1.165, 1.54) is 4.90 Å². The summed E-state index contributed by atoms with van der Waals surface area (Å²) in [6.07, 6.45) is 2.47. The number of H-pyrrole nitrogens is 1. The van der Waals surface area contributed by atoms with Crippen LogP contribution in [0.15, 0.2) is 65.8 Å². The van der Waals surface area contributed by atoms with Gasteiger partial charge in [0, 0.05) is 42.0 Å². The predicted octanol–water partition coefficient (Wildman–Crippen LogP) is 5.19. The zero-order chi connectivity index (χ0) is 39.6. The summed E-state index contributed by atoms with van der Waals surface area (Å²) in [7, 11) is 0. The molecular formula is C35H41ClF3N9O6. The van der Waals surface area contributed by atoms with Crippen LogP contribution in [0, 0.1) is 11.8 Å². The maximum absolute atomic E-state index is 14.3. The number of carboxylic acids is 1. The van der Waals surface area contributed by atoms with Crippen LogP contribution in [0.3, 0.4) is 0 Å². The molecule has 15 nitrogen and oxygen atoms in total. The second-order valence-corrected chi connectivity index (χ2v) is 14.0. The first kappa shape index (κ1) is 41.2. The van der Waals surface area contributed by atoms with Crippen molar-refractivity contribution in [1.29, 1.82) is 0 Å². The van der Waals surface area contributed by atoms with Crippen molar-refractivity contribution in [2.45, 2.75) is 76.2 Å². The Hall–Kier alpha value is -5.52. The molecule has 1 unspecified atom stereocenters. The van der Waals surface area contributed by atoms with Gasteiger partial charge in [-0.15, -0.1) is 10.2 Å². The number of nitrogens with one attached hydrogen (secondary N) is 2. The number of nitrogens with two attached hydrogens (primary N) is 1. The lowest BCUT2D eigenvalue weighted by atomic mass is 9.81. The molecule has 54 heavy (non-hydrogen) atoms. The second kappa shape index (κ2) is 18.0. The molecule has 5 N–H and O–H groups in total. The minimum absolute atomic E-state index is 0.169. The number of aliphatic carboxylic acids is 1. The predicted molar refractivity (Wildman–Crippen MR) is 193 cm³/mol. The number of nitrogens with zero attached hydrogens (tertiary/aromatic N) is 6. The maximum Gasteiger partial charge on any atom is 0.490 e. The number of amides is 3. The third-order valence-electron chi connectivity index (χ3n) is 8.45. The quantitative estimate of drug-likeness (QED) is 0.157. The van der Waals surface area contributed by atoms with E-state index >= 15 is 0 Å². The molecule has 2 atom stereocenters. The number of tetrazole rings is 1. The topological polar surface area (TPSA) is 209 Å². The first-order valence-electron chi connectivity index (χ1n) is 16.9. The van der Waals surface area contributed by atoms with Gasteiger partial charge >= 0.3 is 18.2 Å². The molecular weight excluding hydrogens is 735 g/mol. The highest BCUT2D eigenvalue weighted by molar-refractivity contribution is 6.24. The summed E-state index contributed by atoms with van der Waals surface area (Å²) in [5, 5.41) is 24.1. The minimum Gasteiger partial charge on any atom is -0.475 e. The molecule has 1 aromatic heterocycles. The summed E-state index contributed by atoms with van der Waals surface area (Å²) in [5.74, 6) is -3.24. The number of carbonyl (C=O) groups is 4. The Bertz CT molecular complexity index is 1790. The van der Waals surface area contributed by atoms with Crippen molar-refractivity contribution in [3.8, 4) is 11.4 Å². The molecule has 1 aliphatic carbocycles. The Balaban J connectivity index is 0.000000845. The normalized spacial score (nSPS) is 18.9. The number of alkyl carbamates (subject to hydrolysis) is 1. The monoisotopic (exact) mass is 775 g/mol. The zero-order valence-electron chi connectivity index (χ0n) is 29.7. The average molecular weight is 776 g/mol. The van der Waals surface area contributed by atoms with Crippen molar-refractivity contribution in [3.05, 3.63) is 66.4 Å². The van der Waals surface area contributed by atoms with Crippen LogP contribution in [0.4, 0.5) is 29.3 Å². The highest BCUT2D eigenvalue weighted by Gasteiger charge is 2.38. The summed E-state index contributed by atoms with van der Waals surface area (Å²) in [6, 6.07) is 13.7. The van der Waals surface area contributed by atoms with Crippen LogP contribution in [-0.2, 0) is 25.5 Å². The summed E-state index contributed by atoms with van der Waals surface area (Å²) in [6.45, 7) is 5.93. The Morgan fingerprint density at radius 2 is 1.69 bits per heavy atom. The molecule has 2 heterocycles. The SMILES string of the molecule is CC(C)(C)OC(=O)NC[C@H]1CC[C@H](C(=O)N(c2ccc(-c3nn[nH]n3)cc2)[C@@H](Cc2ccc(N3C=NC=CC3Cl)cc2)C(N)=O)CC1.O=C(O)C(F)(F)F. The van der Waals surface area contributed by atoms with E-state index in [1.54, 1.807) is 42.9 Å². The molecule has 3 aromatic rings. The first-order valence-corrected chi connectivity index (χ1v) is 17.3. The van der Waals surface area contributed by atoms with E-state index in [9.17, 15) is 27.6 Å². The Labute approximate surface area is 313 Å². The van der Waals surface area contributed by atoms with E-state index in [0.29, 0.717) is 36.5 Å². The van der Waals surface area contributed by atoms with Crippen LogP contribution < -0.4 is 20.9 Å². The van der Waals surface area contributed by atoms with Gasteiger partial charge in [0.1, 0.15) is 17.1 Å². The number of rotatable bonds is 10. The van der Waals surface area contributed by atoms with Crippen molar-refractivity contribution in [1.82, 2.24) is 25.9 Å². The number of hydrogen-bond acceptors (Lipinski definition) is 10. The zero-order valence-corrected chi connectivity index (χ0v) is 30.4. The number of primary amides is 1. The number of alkyl halides is 4. The van der Waals surface area contributed by atoms with Crippen LogP contribution in [0.1, 0.15) is 52.0 Å². The number of carbonyl (C=O) groups excluding carboxylic acids is 3. The highest BCUT2D eigenvalue weighted by atomic mass is 35.5. The lowest BCUT2D eigenvalue weighted by molar-refractivity contribution is -0.192. The number of benzene rings is 2. The maximum atomic E-state index is 14.3. The molecule has 2 aliphatic rings. The van der Waals surface area contributed by atoms with Gasteiger partial charge in [0.05, 0.1) is 6.34 Å². The molecule has 1 fully saturated rings. The number of aliphatic imine (C=N–C) groups is 1. The Morgan fingerprint density at radius 1 is 1.06 bits per heavy atom. The van der Waals surface area contributed by atoms with E-state index in [2.05, 4.69) is 30.9 Å². The molecule has 0 spiro atoms.